The minimum Gasteiger partial charge on any atom is -0.261 e. The molecule has 5 rings (SSSR count). The Bertz CT molecular complexity index is 499. The Morgan fingerprint density at radius 3 is 2.43 bits per heavy atom. The average Bonchev–Trinajstić information content (AvgIpc) is 2.44. The van der Waals surface area contributed by atoms with Crippen LogP contribution in [0.2, 0.25) is 0 Å². The molecule has 4 bridgehead atoms. The van der Waals surface area contributed by atoms with Gasteiger partial charge in [0.05, 0.1) is 0 Å². The molecule has 4 fully saturated rings. The van der Waals surface area contributed by atoms with Crippen LogP contribution in [0.3, 0.4) is 0 Å². The molecule has 0 radical (unpaired) electrons. The van der Waals surface area contributed by atoms with E-state index in [1.165, 1.54) is 50.7 Å². The second kappa shape index (κ2) is 5.11. The minimum atomic E-state index is 0.578. The van der Waals surface area contributed by atoms with Gasteiger partial charge < -0.3 is 0 Å². The maximum absolute atomic E-state index is 4.57. The number of hydrazone groups is 1. The maximum Gasteiger partial charge on any atom is 0.146 e. The summed E-state index contributed by atoms with van der Waals surface area (Å²) in [6.07, 6.45) is 11.9. The van der Waals surface area contributed by atoms with Gasteiger partial charge >= 0.3 is 0 Å². The standard InChI is InChI=1S/C18H25N3/c1-13(20-21-17-4-2-3-5-19-17)9-18-10-14-6-15(11-18)8-16(7-14)12-18/h2-5,14-16H,6-12H2,1H3,(H,19,21)/b20-13-. The molecule has 21 heavy (non-hydrogen) atoms. The zero-order valence-electron chi connectivity index (χ0n) is 12.9. The third-order valence-corrected chi connectivity index (χ3v) is 5.82. The molecule has 3 heteroatoms. The van der Waals surface area contributed by atoms with Crippen LogP contribution in [-0.2, 0) is 0 Å². The Morgan fingerprint density at radius 1 is 1.19 bits per heavy atom. The van der Waals surface area contributed by atoms with E-state index in [1.807, 2.05) is 18.2 Å². The largest absolute Gasteiger partial charge is 0.261 e. The summed E-state index contributed by atoms with van der Waals surface area (Å²) in [6, 6.07) is 5.87. The summed E-state index contributed by atoms with van der Waals surface area (Å²) in [5.41, 5.74) is 4.92. The molecule has 112 valence electrons. The average molecular weight is 283 g/mol. The molecule has 1 N–H and O–H groups in total. The lowest BCUT2D eigenvalue weighted by molar-refractivity contribution is -0.0482. The van der Waals surface area contributed by atoms with Gasteiger partial charge in [-0.2, -0.15) is 5.10 Å². The number of hydrogen-bond acceptors (Lipinski definition) is 3. The van der Waals surface area contributed by atoms with Gasteiger partial charge in [0.2, 0.25) is 0 Å². The summed E-state index contributed by atoms with van der Waals surface area (Å²) in [7, 11) is 0. The van der Waals surface area contributed by atoms with E-state index in [1.54, 1.807) is 6.20 Å². The van der Waals surface area contributed by atoms with Crippen molar-refractivity contribution in [3.8, 4) is 0 Å². The zero-order chi connectivity index (χ0) is 14.3. The lowest BCUT2D eigenvalue weighted by Gasteiger charge is -2.57. The first-order chi connectivity index (χ1) is 10.2. The van der Waals surface area contributed by atoms with Gasteiger partial charge in [0.25, 0.3) is 0 Å². The van der Waals surface area contributed by atoms with Crippen molar-refractivity contribution in [1.29, 1.82) is 0 Å². The molecule has 0 atom stereocenters. The monoisotopic (exact) mass is 283 g/mol. The van der Waals surface area contributed by atoms with Crippen LogP contribution in [-0.4, -0.2) is 10.7 Å². The SMILES string of the molecule is C/C(CC12CC3CC(CC(C3)C1)C2)=N/Nc1ccccn1. The van der Waals surface area contributed by atoms with E-state index in [9.17, 15) is 0 Å². The highest BCUT2D eigenvalue weighted by Crippen LogP contribution is 2.61. The first kappa shape index (κ1) is 13.3. The quantitative estimate of drug-likeness (QED) is 0.653. The molecule has 0 aromatic carbocycles. The molecule has 4 saturated carbocycles. The normalized spacial score (nSPS) is 37.8. The molecule has 4 aliphatic rings. The van der Waals surface area contributed by atoms with Crippen molar-refractivity contribution in [1.82, 2.24) is 4.98 Å². The Kier molecular flexibility index (Phi) is 3.24. The van der Waals surface area contributed by atoms with E-state index in [0.717, 1.165) is 23.6 Å². The highest BCUT2D eigenvalue weighted by atomic mass is 15.3. The van der Waals surface area contributed by atoms with Crippen LogP contribution in [0.4, 0.5) is 5.82 Å². The van der Waals surface area contributed by atoms with Crippen LogP contribution in [0, 0.1) is 23.2 Å². The van der Waals surface area contributed by atoms with Crippen molar-refractivity contribution < 1.29 is 0 Å². The number of anilines is 1. The smallest absolute Gasteiger partial charge is 0.146 e. The van der Waals surface area contributed by atoms with Gasteiger partial charge in [0.1, 0.15) is 5.82 Å². The Morgan fingerprint density at radius 2 is 1.86 bits per heavy atom. The highest BCUT2D eigenvalue weighted by molar-refractivity contribution is 5.83. The van der Waals surface area contributed by atoms with Crippen LogP contribution in [0.5, 0.6) is 0 Å². The van der Waals surface area contributed by atoms with Crippen molar-refractivity contribution in [2.45, 2.75) is 51.9 Å². The molecule has 0 amide bonds. The fraction of sp³-hybridized carbons (Fsp3) is 0.667. The molecule has 4 aliphatic carbocycles. The topological polar surface area (TPSA) is 37.3 Å². The van der Waals surface area contributed by atoms with Gasteiger partial charge in [-0.25, -0.2) is 4.98 Å². The van der Waals surface area contributed by atoms with Crippen LogP contribution in [0.25, 0.3) is 0 Å². The van der Waals surface area contributed by atoms with E-state index in [4.69, 9.17) is 0 Å². The molecule has 0 unspecified atom stereocenters. The molecule has 0 saturated heterocycles. The van der Waals surface area contributed by atoms with Gasteiger partial charge in [0, 0.05) is 11.9 Å². The molecule has 3 nitrogen and oxygen atoms in total. The summed E-state index contributed by atoms with van der Waals surface area (Å²) < 4.78 is 0. The minimum absolute atomic E-state index is 0.578. The molecule has 1 heterocycles. The van der Waals surface area contributed by atoms with Crippen LogP contribution < -0.4 is 5.43 Å². The first-order valence-electron chi connectivity index (χ1n) is 8.41. The van der Waals surface area contributed by atoms with E-state index in [2.05, 4.69) is 22.4 Å². The predicted octanol–water partition coefficient (Wildman–Crippen LogP) is 4.48. The van der Waals surface area contributed by atoms with E-state index in [-0.39, 0.29) is 0 Å². The van der Waals surface area contributed by atoms with Gasteiger partial charge in [-0.1, -0.05) is 6.07 Å². The molecule has 0 aliphatic heterocycles. The molecule has 0 spiro atoms. The Labute approximate surface area is 127 Å². The highest BCUT2D eigenvalue weighted by Gasteiger charge is 2.50. The fourth-order valence-electron chi connectivity index (χ4n) is 5.67. The van der Waals surface area contributed by atoms with Crippen molar-refractivity contribution in [2.24, 2.45) is 28.3 Å². The van der Waals surface area contributed by atoms with Gasteiger partial charge in [-0.15, -0.1) is 0 Å². The number of rotatable bonds is 4. The lowest BCUT2D eigenvalue weighted by atomic mass is 9.48. The zero-order valence-corrected chi connectivity index (χ0v) is 12.9. The van der Waals surface area contributed by atoms with E-state index >= 15 is 0 Å². The Balaban J connectivity index is 1.43. The van der Waals surface area contributed by atoms with Crippen molar-refractivity contribution in [3.05, 3.63) is 24.4 Å². The molecular weight excluding hydrogens is 258 g/mol. The van der Waals surface area contributed by atoms with Crippen LogP contribution in [0.15, 0.2) is 29.5 Å². The third-order valence-electron chi connectivity index (χ3n) is 5.82. The number of pyridine rings is 1. The summed E-state index contributed by atoms with van der Waals surface area (Å²) >= 11 is 0. The fourth-order valence-corrected chi connectivity index (χ4v) is 5.67. The van der Waals surface area contributed by atoms with E-state index < -0.39 is 0 Å². The maximum atomic E-state index is 4.57. The second-order valence-corrected chi connectivity index (χ2v) is 7.77. The number of hydrogen-bond donors (Lipinski definition) is 1. The third kappa shape index (κ3) is 2.70. The van der Waals surface area contributed by atoms with Crippen molar-refractivity contribution >= 4 is 11.5 Å². The second-order valence-electron chi connectivity index (χ2n) is 7.77. The van der Waals surface area contributed by atoms with Crippen molar-refractivity contribution in [2.75, 3.05) is 5.43 Å². The number of nitrogens with zero attached hydrogens (tertiary/aromatic N) is 2. The number of aromatic nitrogens is 1. The summed E-state index contributed by atoms with van der Waals surface area (Å²) in [6.45, 7) is 2.18. The van der Waals surface area contributed by atoms with Gasteiger partial charge in [0.15, 0.2) is 0 Å². The number of nitrogens with one attached hydrogen (secondary N) is 1. The molecule has 1 aromatic heterocycles. The van der Waals surface area contributed by atoms with Crippen molar-refractivity contribution in [3.63, 3.8) is 0 Å². The molecule has 1 aromatic rings. The van der Waals surface area contributed by atoms with E-state index in [0.29, 0.717) is 5.41 Å². The first-order valence-corrected chi connectivity index (χ1v) is 8.41. The molecular formula is C18H25N3. The predicted molar refractivity (Wildman–Crippen MR) is 86.2 cm³/mol. The lowest BCUT2D eigenvalue weighted by Crippen LogP contribution is -2.46. The summed E-state index contributed by atoms with van der Waals surface area (Å²) in [4.78, 5) is 4.26. The summed E-state index contributed by atoms with van der Waals surface area (Å²) in [5.74, 6) is 3.90. The Hall–Kier alpha value is -1.38. The van der Waals surface area contributed by atoms with Gasteiger partial charge in [-0.05, 0) is 87.2 Å². The summed E-state index contributed by atoms with van der Waals surface area (Å²) in [5, 5.41) is 4.57. The van der Waals surface area contributed by atoms with Crippen LogP contribution >= 0.6 is 0 Å². The van der Waals surface area contributed by atoms with Crippen LogP contribution in [0.1, 0.15) is 51.9 Å². The van der Waals surface area contributed by atoms with Gasteiger partial charge in [-0.3, -0.25) is 5.43 Å².